The molecule has 3 aliphatic heterocycles. The minimum Gasteiger partial charge on any atom is -0.496 e. The average Bonchev–Trinajstić information content (AvgIpc) is 2.92. The van der Waals surface area contributed by atoms with Crippen LogP contribution in [-0.4, -0.2) is 70.4 Å². The Morgan fingerprint density at radius 1 is 1.24 bits per heavy atom. The normalized spacial score (nSPS) is 24.8. The maximum absolute atomic E-state index is 13.2. The van der Waals surface area contributed by atoms with Crippen molar-refractivity contribution < 1.29 is 17.9 Å². The Morgan fingerprint density at radius 3 is 2.64 bits per heavy atom. The Kier molecular flexibility index (Phi) is 5.04. The number of methoxy groups -OCH3 is 1. The first-order chi connectivity index (χ1) is 11.9. The van der Waals surface area contributed by atoms with Crippen molar-refractivity contribution in [2.45, 2.75) is 23.8 Å². The van der Waals surface area contributed by atoms with E-state index in [9.17, 15) is 13.2 Å². The SMILES string of the molecule is CNC(=O)c1cc(S(=O)(=O)N2C[C@@H]3CC[C@H](C2)N(C)C3)ccc1OC. The van der Waals surface area contributed by atoms with Gasteiger partial charge < -0.3 is 15.0 Å². The van der Waals surface area contributed by atoms with Gasteiger partial charge >= 0.3 is 0 Å². The fourth-order valence-corrected chi connectivity index (χ4v) is 5.36. The quantitative estimate of drug-likeness (QED) is 0.850. The molecular weight excluding hydrogens is 342 g/mol. The van der Waals surface area contributed by atoms with Gasteiger partial charge in [0.25, 0.3) is 5.91 Å². The molecule has 0 spiro atoms. The number of ether oxygens (including phenoxy) is 1. The zero-order chi connectivity index (χ0) is 18.2. The van der Waals surface area contributed by atoms with Crippen LogP contribution in [-0.2, 0) is 10.0 Å². The molecule has 2 bridgehead atoms. The van der Waals surface area contributed by atoms with Crippen LogP contribution in [0.4, 0.5) is 0 Å². The van der Waals surface area contributed by atoms with Crippen molar-refractivity contribution in [3.63, 3.8) is 0 Å². The Bertz CT molecular complexity index is 765. The predicted octanol–water partition coefficient (Wildman–Crippen LogP) is 0.770. The molecule has 4 rings (SSSR count). The van der Waals surface area contributed by atoms with Crippen molar-refractivity contribution in [1.29, 1.82) is 0 Å². The summed E-state index contributed by atoms with van der Waals surface area (Å²) in [7, 11) is 1.37. The maximum Gasteiger partial charge on any atom is 0.254 e. The molecule has 1 N–H and O–H groups in total. The van der Waals surface area contributed by atoms with Gasteiger partial charge in [0, 0.05) is 32.7 Å². The largest absolute Gasteiger partial charge is 0.496 e. The first kappa shape index (κ1) is 18.2. The van der Waals surface area contributed by atoms with Crippen LogP contribution in [0.1, 0.15) is 23.2 Å². The van der Waals surface area contributed by atoms with E-state index in [1.807, 2.05) is 0 Å². The van der Waals surface area contributed by atoms with Crippen molar-refractivity contribution >= 4 is 15.9 Å². The van der Waals surface area contributed by atoms with Crippen LogP contribution in [0, 0.1) is 5.92 Å². The van der Waals surface area contributed by atoms with E-state index in [1.54, 1.807) is 4.31 Å². The number of hydrogen-bond acceptors (Lipinski definition) is 5. The summed E-state index contributed by atoms with van der Waals surface area (Å²) >= 11 is 0. The van der Waals surface area contributed by atoms with Gasteiger partial charge in [-0.2, -0.15) is 4.31 Å². The van der Waals surface area contributed by atoms with E-state index in [0.29, 0.717) is 24.8 Å². The summed E-state index contributed by atoms with van der Waals surface area (Å²) in [5.41, 5.74) is 0.223. The van der Waals surface area contributed by atoms with Crippen LogP contribution in [0.2, 0.25) is 0 Å². The Balaban J connectivity index is 1.96. The third-order valence-corrected chi connectivity index (χ3v) is 7.06. The summed E-state index contributed by atoms with van der Waals surface area (Å²) in [6.45, 7) is 1.96. The van der Waals surface area contributed by atoms with Gasteiger partial charge in [0.15, 0.2) is 0 Å². The van der Waals surface area contributed by atoms with Gasteiger partial charge in [0.05, 0.1) is 17.6 Å². The van der Waals surface area contributed by atoms with Gasteiger partial charge in [-0.3, -0.25) is 4.79 Å². The summed E-state index contributed by atoms with van der Waals surface area (Å²) < 4.78 is 33.1. The van der Waals surface area contributed by atoms with Crippen LogP contribution in [0.15, 0.2) is 23.1 Å². The standard InChI is InChI=1S/C17H25N3O4S/c1-18-17(21)15-8-14(6-7-16(15)24-3)25(22,23)20-10-12-4-5-13(11-20)19(2)9-12/h6-8,12-13H,4-5,9-11H2,1-3H3,(H,18,21)/t12-,13-/m1/s1. The van der Waals surface area contributed by atoms with E-state index in [0.717, 1.165) is 19.4 Å². The van der Waals surface area contributed by atoms with Gasteiger partial charge in [0.1, 0.15) is 5.75 Å². The number of hydrogen-bond donors (Lipinski definition) is 1. The average molecular weight is 367 g/mol. The molecule has 0 aromatic heterocycles. The minimum atomic E-state index is -3.65. The number of benzene rings is 1. The van der Waals surface area contributed by atoms with E-state index in [2.05, 4.69) is 17.3 Å². The number of carbonyl (C=O) groups excluding carboxylic acids is 1. The number of sulfonamides is 1. The van der Waals surface area contributed by atoms with E-state index in [1.165, 1.54) is 32.4 Å². The molecule has 3 aliphatic rings. The van der Waals surface area contributed by atoms with Crippen molar-refractivity contribution in [3.05, 3.63) is 23.8 Å². The second-order valence-electron chi connectivity index (χ2n) is 6.80. The lowest BCUT2D eigenvalue weighted by atomic mass is 9.96. The lowest BCUT2D eigenvalue weighted by molar-refractivity contribution is 0.0960. The fraction of sp³-hybridized carbons (Fsp3) is 0.588. The van der Waals surface area contributed by atoms with Crippen molar-refractivity contribution in [3.8, 4) is 5.75 Å². The summed E-state index contributed by atoms with van der Waals surface area (Å²) in [4.78, 5) is 14.4. The molecule has 25 heavy (non-hydrogen) atoms. The van der Waals surface area contributed by atoms with Crippen LogP contribution >= 0.6 is 0 Å². The summed E-state index contributed by atoms with van der Waals surface area (Å²) in [6.07, 6.45) is 2.09. The molecule has 0 saturated carbocycles. The fourth-order valence-electron chi connectivity index (χ4n) is 3.78. The third kappa shape index (κ3) is 3.38. The number of piperidine rings is 1. The zero-order valence-electron chi connectivity index (χ0n) is 14.9. The number of nitrogens with zero attached hydrogens (tertiary/aromatic N) is 2. The second-order valence-corrected chi connectivity index (χ2v) is 8.74. The van der Waals surface area contributed by atoms with E-state index in [4.69, 9.17) is 4.74 Å². The summed E-state index contributed by atoms with van der Waals surface area (Å²) in [5.74, 6) is 0.341. The van der Waals surface area contributed by atoms with Gasteiger partial charge in [-0.15, -0.1) is 0 Å². The molecule has 0 radical (unpaired) electrons. The molecule has 0 aliphatic carbocycles. The Hall–Kier alpha value is -1.64. The molecule has 3 saturated heterocycles. The van der Waals surface area contributed by atoms with Crippen molar-refractivity contribution in [2.24, 2.45) is 5.92 Å². The number of amides is 1. The molecule has 3 heterocycles. The highest BCUT2D eigenvalue weighted by Gasteiger charge is 2.38. The lowest BCUT2D eigenvalue weighted by Crippen LogP contribution is -2.41. The molecule has 1 aromatic carbocycles. The second kappa shape index (κ2) is 6.93. The summed E-state index contributed by atoms with van der Waals surface area (Å²) in [6, 6.07) is 4.71. The predicted molar refractivity (Wildman–Crippen MR) is 94.3 cm³/mol. The smallest absolute Gasteiger partial charge is 0.254 e. The molecule has 1 aromatic rings. The third-order valence-electron chi connectivity index (χ3n) is 5.23. The van der Waals surface area contributed by atoms with Crippen molar-refractivity contribution in [1.82, 2.24) is 14.5 Å². The Labute approximate surface area is 149 Å². The first-order valence-corrected chi connectivity index (χ1v) is 9.91. The van der Waals surface area contributed by atoms with Crippen molar-refractivity contribution in [2.75, 3.05) is 40.8 Å². The molecule has 138 valence electrons. The van der Waals surface area contributed by atoms with Crippen LogP contribution in [0.25, 0.3) is 0 Å². The molecule has 2 atom stereocenters. The summed E-state index contributed by atoms with van der Waals surface area (Å²) in [5, 5.41) is 2.52. The number of nitrogens with one attached hydrogen (secondary N) is 1. The monoisotopic (exact) mass is 367 g/mol. The van der Waals surface area contributed by atoms with Gasteiger partial charge in [-0.1, -0.05) is 0 Å². The number of likely N-dealkylation sites (N-methyl/N-ethyl adjacent to an activating group) is 1. The highest BCUT2D eigenvalue weighted by Crippen LogP contribution is 2.31. The Morgan fingerprint density at radius 2 is 2.00 bits per heavy atom. The van der Waals surface area contributed by atoms with Gasteiger partial charge in [0.2, 0.25) is 10.0 Å². The molecule has 3 fully saturated rings. The van der Waals surface area contributed by atoms with E-state index in [-0.39, 0.29) is 22.4 Å². The first-order valence-electron chi connectivity index (χ1n) is 8.47. The molecule has 1 amide bonds. The molecular formula is C17H25N3O4S. The van der Waals surface area contributed by atoms with Gasteiger partial charge in [-0.25, -0.2) is 8.42 Å². The number of rotatable bonds is 4. The van der Waals surface area contributed by atoms with Gasteiger partial charge in [-0.05, 0) is 44.0 Å². The topological polar surface area (TPSA) is 79.0 Å². The van der Waals surface area contributed by atoms with Crippen LogP contribution < -0.4 is 10.1 Å². The number of carbonyl (C=O) groups is 1. The van der Waals surface area contributed by atoms with E-state index < -0.39 is 10.0 Å². The molecule has 8 heteroatoms. The molecule has 7 nitrogen and oxygen atoms in total. The highest BCUT2D eigenvalue weighted by atomic mass is 32.2. The minimum absolute atomic E-state index is 0.135. The van der Waals surface area contributed by atoms with Crippen LogP contribution in [0.3, 0.4) is 0 Å². The highest BCUT2D eigenvalue weighted by molar-refractivity contribution is 7.89. The lowest BCUT2D eigenvalue weighted by Gasteiger charge is -2.32. The van der Waals surface area contributed by atoms with Crippen LogP contribution in [0.5, 0.6) is 5.75 Å². The number of fused-ring (bicyclic) bond motifs is 4. The zero-order valence-corrected chi connectivity index (χ0v) is 15.7. The van der Waals surface area contributed by atoms with E-state index >= 15 is 0 Å². The maximum atomic E-state index is 13.2. The molecule has 0 unspecified atom stereocenters.